The SMILES string of the molecule is Fc1cc(I)ccc1NNc1ccccc1. The molecule has 2 nitrogen and oxygen atoms in total. The normalized spacial score (nSPS) is 9.88. The first kappa shape index (κ1) is 11.2. The lowest BCUT2D eigenvalue weighted by Gasteiger charge is -2.10. The van der Waals surface area contributed by atoms with E-state index in [9.17, 15) is 4.39 Å². The minimum Gasteiger partial charge on any atom is -0.301 e. The highest BCUT2D eigenvalue weighted by molar-refractivity contribution is 14.1. The van der Waals surface area contributed by atoms with E-state index in [0.717, 1.165) is 9.26 Å². The summed E-state index contributed by atoms with van der Waals surface area (Å²) in [5.74, 6) is -0.268. The Morgan fingerprint density at radius 2 is 1.69 bits per heavy atom. The first-order chi connectivity index (χ1) is 7.75. The summed E-state index contributed by atoms with van der Waals surface area (Å²) in [6.45, 7) is 0. The van der Waals surface area contributed by atoms with Crippen molar-refractivity contribution in [3.05, 3.63) is 57.9 Å². The second-order valence-corrected chi connectivity index (χ2v) is 4.49. The lowest BCUT2D eigenvalue weighted by molar-refractivity contribution is 0.630. The number of hydrogen-bond acceptors (Lipinski definition) is 2. The molecule has 2 rings (SSSR count). The van der Waals surface area contributed by atoms with Crippen molar-refractivity contribution < 1.29 is 4.39 Å². The molecule has 0 saturated heterocycles. The van der Waals surface area contributed by atoms with Gasteiger partial charge in [-0.3, -0.25) is 5.43 Å². The Morgan fingerprint density at radius 1 is 0.938 bits per heavy atom. The Labute approximate surface area is 107 Å². The van der Waals surface area contributed by atoms with Crippen LogP contribution in [0.1, 0.15) is 0 Å². The third-order valence-corrected chi connectivity index (χ3v) is 2.72. The molecule has 0 aliphatic carbocycles. The molecule has 0 atom stereocenters. The Bertz CT molecular complexity index is 474. The number of halogens is 2. The summed E-state index contributed by atoms with van der Waals surface area (Å²) >= 11 is 2.07. The maximum absolute atomic E-state index is 13.4. The van der Waals surface area contributed by atoms with Crippen LogP contribution in [-0.4, -0.2) is 0 Å². The molecule has 4 heteroatoms. The van der Waals surface area contributed by atoms with Crippen LogP contribution in [0.5, 0.6) is 0 Å². The Hall–Kier alpha value is -1.30. The monoisotopic (exact) mass is 328 g/mol. The van der Waals surface area contributed by atoms with Crippen molar-refractivity contribution in [2.75, 3.05) is 10.9 Å². The van der Waals surface area contributed by atoms with E-state index in [-0.39, 0.29) is 5.82 Å². The number of hydrogen-bond donors (Lipinski definition) is 2. The maximum atomic E-state index is 13.4. The van der Waals surface area contributed by atoms with Crippen molar-refractivity contribution in [3.8, 4) is 0 Å². The lowest BCUT2D eigenvalue weighted by atomic mass is 10.3. The van der Waals surface area contributed by atoms with Gasteiger partial charge in [-0.2, -0.15) is 0 Å². The van der Waals surface area contributed by atoms with E-state index in [1.807, 2.05) is 36.4 Å². The van der Waals surface area contributed by atoms with E-state index < -0.39 is 0 Å². The van der Waals surface area contributed by atoms with Crippen LogP contribution in [-0.2, 0) is 0 Å². The molecule has 16 heavy (non-hydrogen) atoms. The second kappa shape index (κ2) is 5.16. The lowest BCUT2D eigenvalue weighted by Crippen LogP contribution is -2.09. The predicted octanol–water partition coefficient (Wildman–Crippen LogP) is 3.87. The van der Waals surface area contributed by atoms with Crippen LogP contribution in [0, 0.1) is 9.39 Å². The zero-order chi connectivity index (χ0) is 11.4. The van der Waals surface area contributed by atoms with Gasteiger partial charge in [0.1, 0.15) is 5.82 Å². The summed E-state index contributed by atoms with van der Waals surface area (Å²) in [5, 5.41) is 0. The molecular weight excluding hydrogens is 318 g/mol. The smallest absolute Gasteiger partial charge is 0.149 e. The van der Waals surface area contributed by atoms with Crippen molar-refractivity contribution in [2.45, 2.75) is 0 Å². The molecule has 0 aliphatic heterocycles. The summed E-state index contributed by atoms with van der Waals surface area (Å²) in [6, 6.07) is 14.6. The second-order valence-electron chi connectivity index (χ2n) is 3.24. The molecule has 82 valence electrons. The third kappa shape index (κ3) is 2.85. The highest BCUT2D eigenvalue weighted by Crippen LogP contribution is 2.17. The van der Waals surface area contributed by atoms with Crippen molar-refractivity contribution in [3.63, 3.8) is 0 Å². The molecular formula is C12H10FIN2. The van der Waals surface area contributed by atoms with Gasteiger partial charge >= 0.3 is 0 Å². The third-order valence-electron chi connectivity index (χ3n) is 2.05. The molecule has 0 radical (unpaired) electrons. The largest absolute Gasteiger partial charge is 0.301 e. The average molecular weight is 328 g/mol. The fourth-order valence-corrected chi connectivity index (χ4v) is 1.71. The van der Waals surface area contributed by atoms with Gasteiger partial charge in [-0.15, -0.1) is 0 Å². The van der Waals surface area contributed by atoms with E-state index >= 15 is 0 Å². The predicted molar refractivity (Wildman–Crippen MR) is 72.8 cm³/mol. The molecule has 0 spiro atoms. The van der Waals surface area contributed by atoms with Gasteiger partial charge in [0.05, 0.1) is 11.4 Å². The standard InChI is InChI=1S/C12H10FIN2/c13-11-8-9(14)6-7-12(11)16-15-10-4-2-1-3-5-10/h1-8,15-16H. The molecule has 0 fully saturated rings. The molecule has 0 saturated carbocycles. The number of para-hydroxylation sites is 1. The van der Waals surface area contributed by atoms with E-state index in [1.165, 1.54) is 6.07 Å². The minimum absolute atomic E-state index is 0.268. The van der Waals surface area contributed by atoms with Gasteiger partial charge in [0.25, 0.3) is 0 Å². The Kier molecular flexibility index (Phi) is 3.61. The quantitative estimate of drug-likeness (QED) is 0.660. The summed E-state index contributed by atoms with van der Waals surface area (Å²) in [5.41, 5.74) is 7.08. The minimum atomic E-state index is -0.268. The fraction of sp³-hybridized carbons (Fsp3) is 0. The fourth-order valence-electron chi connectivity index (χ4n) is 1.25. The van der Waals surface area contributed by atoms with Crippen molar-refractivity contribution in [2.24, 2.45) is 0 Å². The van der Waals surface area contributed by atoms with Crippen LogP contribution in [0.2, 0.25) is 0 Å². The van der Waals surface area contributed by atoms with Crippen LogP contribution in [0.15, 0.2) is 48.5 Å². The van der Waals surface area contributed by atoms with Crippen LogP contribution in [0.25, 0.3) is 0 Å². The molecule has 0 amide bonds. The van der Waals surface area contributed by atoms with Gasteiger partial charge in [0.15, 0.2) is 0 Å². The summed E-state index contributed by atoms with van der Waals surface area (Å²) in [6.07, 6.45) is 0. The Balaban J connectivity index is 2.05. The molecule has 0 bridgehead atoms. The zero-order valence-corrected chi connectivity index (χ0v) is 10.5. The maximum Gasteiger partial charge on any atom is 0.149 e. The summed E-state index contributed by atoms with van der Waals surface area (Å²) in [7, 11) is 0. The van der Waals surface area contributed by atoms with Gasteiger partial charge in [-0.1, -0.05) is 18.2 Å². The Morgan fingerprint density at radius 3 is 2.38 bits per heavy atom. The van der Waals surface area contributed by atoms with Crippen LogP contribution in [0.3, 0.4) is 0 Å². The first-order valence-electron chi connectivity index (χ1n) is 4.78. The summed E-state index contributed by atoms with van der Waals surface area (Å²) in [4.78, 5) is 0. The van der Waals surface area contributed by atoms with Gasteiger partial charge < -0.3 is 5.43 Å². The van der Waals surface area contributed by atoms with E-state index in [1.54, 1.807) is 6.07 Å². The highest BCUT2D eigenvalue weighted by atomic mass is 127. The van der Waals surface area contributed by atoms with E-state index in [0.29, 0.717) is 5.69 Å². The molecule has 2 aromatic rings. The number of anilines is 2. The van der Waals surface area contributed by atoms with Crippen LogP contribution >= 0.6 is 22.6 Å². The zero-order valence-electron chi connectivity index (χ0n) is 8.37. The molecule has 0 unspecified atom stereocenters. The number of hydrazine groups is 1. The van der Waals surface area contributed by atoms with Gasteiger partial charge in [0.2, 0.25) is 0 Å². The molecule has 0 aromatic heterocycles. The topological polar surface area (TPSA) is 24.1 Å². The van der Waals surface area contributed by atoms with E-state index in [2.05, 4.69) is 33.4 Å². The number of nitrogens with one attached hydrogen (secondary N) is 2. The molecule has 2 aromatic carbocycles. The van der Waals surface area contributed by atoms with Crippen LogP contribution < -0.4 is 10.9 Å². The van der Waals surface area contributed by atoms with Crippen LogP contribution in [0.4, 0.5) is 15.8 Å². The van der Waals surface area contributed by atoms with Gasteiger partial charge in [-0.05, 0) is 52.9 Å². The average Bonchev–Trinajstić information content (AvgIpc) is 2.29. The highest BCUT2D eigenvalue weighted by Gasteiger charge is 2.01. The molecule has 0 heterocycles. The first-order valence-corrected chi connectivity index (χ1v) is 5.86. The summed E-state index contributed by atoms with van der Waals surface area (Å²) < 4.78 is 14.3. The molecule has 0 aliphatic rings. The van der Waals surface area contributed by atoms with Gasteiger partial charge in [-0.25, -0.2) is 4.39 Å². The van der Waals surface area contributed by atoms with Crippen molar-refractivity contribution in [1.82, 2.24) is 0 Å². The van der Waals surface area contributed by atoms with E-state index in [4.69, 9.17) is 0 Å². The van der Waals surface area contributed by atoms with Crippen molar-refractivity contribution in [1.29, 1.82) is 0 Å². The number of rotatable bonds is 3. The van der Waals surface area contributed by atoms with Gasteiger partial charge in [0, 0.05) is 3.57 Å². The number of benzene rings is 2. The van der Waals surface area contributed by atoms with Crippen molar-refractivity contribution >= 4 is 34.0 Å². The molecule has 2 N–H and O–H groups in total.